The molecule has 0 radical (unpaired) electrons. The molecule has 26 heavy (non-hydrogen) atoms. The lowest BCUT2D eigenvalue weighted by molar-refractivity contribution is -0.202. The highest BCUT2D eigenvalue weighted by molar-refractivity contribution is 5.80. The van der Waals surface area contributed by atoms with Crippen molar-refractivity contribution in [2.75, 3.05) is 6.54 Å². The number of aromatic amines is 1. The predicted octanol–water partition coefficient (Wildman–Crippen LogP) is 3.95. The Morgan fingerprint density at radius 1 is 1.27 bits per heavy atom. The molecule has 9 heteroatoms. The number of alkyl halides is 5. The lowest BCUT2D eigenvalue weighted by atomic mass is 9.76. The van der Waals surface area contributed by atoms with Gasteiger partial charge in [0.2, 0.25) is 0 Å². The van der Waals surface area contributed by atoms with Crippen LogP contribution in [0.5, 0.6) is 0 Å². The van der Waals surface area contributed by atoms with Crippen molar-refractivity contribution in [1.82, 2.24) is 15.3 Å². The molecule has 1 aliphatic rings. The fourth-order valence-corrected chi connectivity index (χ4v) is 3.26. The number of aromatic nitrogens is 2. The molecule has 0 saturated heterocycles. The maximum Gasteiger partial charge on any atom is 0.418 e. The maximum atomic E-state index is 13.4. The van der Waals surface area contributed by atoms with E-state index < -0.39 is 36.1 Å². The summed E-state index contributed by atoms with van der Waals surface area (Å²) in [6.07, 6.45) is -5.85. The summed E-state index contributed by atoms with van der Waals surface area (Å²) in [4.78, 5) is 6.96. The van der Waals surface area contributed by atoms with Crippen LogP contribution in [-0.2, 0) is 12.7 Å². The molecule has 1 aromatic carbocycles. The van der Waals surface area contributed by atoms with Gasteiger partial charge in [-0.25, -0.2) is 13.8 Å². The number of nitrogens with zero attached hydrogens (tertiary/aromatic N) is 1. The third kappa shape index (κ3) is 3.83. The monoisotopic (exact) mass is 377 g/mol. The summed E-state index contributed by atoms with van der Waals surface area (Å²) in [5, 5.41) is 12.7. The highest BCUT2D eigenvalue weighted by Gasteiger charge is 2.55. The second-order valence-electron chi connectivity index (χ2n) is 7.35. The molecule has 1 fully saturated rings. The molecule has 0 atom stereocenters. The molecular formula is C17H20F5N3O. The Hall–Kier alpha value is -1.74. The number of nitrogens with one attached hydrogen (secondary N) is 2. The topological polar surface area (TPSA) is 60.9 Å². The molecule has 1 heterocycles. The van der Waals surface area contributed by atoms with E-state index in [4.69, 9.17) is 0 Å². The van der Waals surface area contributed by atoms with Crippen LogP contribution < -0.4 is 5.32 Å². The molecule has 0 bridgehead atoms. The molecule has 1 saturated carbocycles. The first-order valence-corrected chi connectivity index (χ1v) is 8.29. The smallest absolute Gasteiger partial charge is 0.388 e. The van der Waals surface area contributed by atoms with Crippen molar-refractivity contribution >= 4 is 11.0 Å². The minimum atomic E-state index is -4.56. The Balaban J connectivity index is 1.80. The van der Waals surface area contributed by atoms with Gasteiger partial charge in [-0.3, -0.25) is 0 Å². The fraction of sp³-hybridized carbons (Fsp3) is 0.588. The number of H-pyrrole nitrogens is 1. The summed E-state index contributed by atoms with van der Waals surface area (Å²) in [6.45, 7) is 3.55. The van der Waals surface area contributed by atoms with E-state index in [0.717, 1.165) is 6.07 Å². The Labute approximate surface area is 146 Å². The van der Waals surface area contributed by atoms with Crippen molar-refractivity contribution < 1.29 is 27.1 Å². The first-order chi connectivity index (χ1) is 11.9. The van der Waals surface area contributed by atoms with Crippen LogP contribution in [0.4, 0.5) is 22.0 Å². The molecule has 1 aliphatic carbocycles. The molecule has 0 unspecified atom stereocenters. The number of aliphatic hydroxyl groups is 1. The second kappa shape index (κ2) is 6.16. The van der Waals surface area contributed by atoms with E-state index in [9.17, 15) is 27.1 Å². The van der Waals surface area contributed by atoms with Crippen molar-refractivity contribution in [3.63, 3.8) is 0 Å². The third-order valence-electron chi connectivity index (χ3n) is 4.48. The van der Waals surface area contributed by atoms with Gasteiger partial charge in [0.05, 0.1) is 16.7 Å². The summed E-state index contributed by atoms with van der Waals surface area (Å²) < 4.78 is 65.9. The largest absolute Gasteiger partial charge is 0.418 e. The van der Waals surface area contributed by atoms with Gasteiger partial charge in [0.25, 0.3) is 5.92 Å². The zero-order valence-corrected chi connectivity index (χ0v) is 14.3. The molecular weight excluding hydrogens is 357 g/mol. The predicted molar refractivity (Wildman–Crippen MR) is 86.0 cm³/mol. The van der Waals surface area contributed by atoms with Crippen molar-refractivity contribution in [2.24, 2.45) is 0 Å². The number of benzene rings is 1. The Morgan fingerprint density at radius 3 is 2.46 bits per heavy atom. The van der Waals surface area contributed by atoms with Crippen LogP contribution in [0.25, 0.3) is 11.0 Å². The normalized spacial score (nSPS) is 19.1. The molecule has 0 aliphatic heterocycles. The average Bonchev–Trinajstić information content (AvgIpc) is 2.87. The van der Waals surface area contributed by atoms with Gasteiger partial charge in [0, 0.05) is 31.8 Å². The SMILES string of the molecule is CC(C)c1nc2c(C(F)(F)F)cc(CNCC3(O)CC(F)(F)C3)cc2[nH]1. The van der Waals surface area contributed by atoms with Crippen molar-refractivity contribution in [2.45, 2.75) is 56.9 Å². The molecule has 4 nitrogen and oxygen atoms in total. The molecule has 2 aromatic rings. The zero-order valence-electron chi connectivity index (χ0n) is 14.3. The van der Waals surface area contributed by atoms with Crippen molar-refractivity contribution in [1.29, 1.82) is 0 Å². The van der Waals surface area contributed by atoms with E-state index >= 15 is 0 Å². The van der Waals surface area contributed by atoms with Crippen LogP contribution in [0.15, 0.2) is 12.1 Å². The van der Waals surface area contributed by atoms with E-state index in [1.165, 1.54) is 0 Å². The molecule has 0 spiro atoms. The van der Waals surface area contributed by atoms with Gasteiger partial charge in [-0.15, -0.1) is 0 Å². The number of fused-ring (bicyclic) bond motifs is 1. The number of hydrogen-bond acceptors (Lipinski definition) is 3. The average molecular weight is 377 g/mol. The van der Waals surface area contributed by atoms with E-state index in [2.05, 4.69) is 15.3 Å². The number of rotatable bonds is 5. The van der Waals surface area contributed by atoms with Crippen LogP contribution in [-0.4, -0.2) is 33.1 Å². The van der Waals surface area contributed by atoms with E-state index in [0.29, 0.717) is 11.4 Å². The van der Waals surface area contributed by atoms with Gasteiger partial charge in [0.1, 0.15) is 11.3 Å². The van der Waals surface area contributed by atoms with Gasteiger partial charge in [0.15, 0.2) is 0 Å². The van der Waals surface area contributed by atoms with Gasteiger partial charge in [-0.05, 0) is 17.7 Å². The minimum Gasteiger partial charge on any atom is -0.388 e. The van der Waals surface area contributed by atoms with E-state index in [-0.39, 0.29) is 30.0 Å². The third-order valence-corrected chi connectivity index (χ3v) is 4.48. The summed E-state index contributed by atoms with van der Waals surface area (Å²) in [6, 6.07) is 2.55. The zero-order chi connectivity index (χ0) is 19.3. The quantitative estimate of drug-likeness (QED) is 0.692. The highest BCUT2D eigenvalue weighted by Crippen LogP contribution is 2.45. The standard InChI is InChI=1S/C17H20F5N3O/c1-9(2)14-24-12-4-10(3-11(13(12)25-14)17(20,21)22)5-23-8-15(26)6-16(18,19)7-15/h3-4,9,23,26H,5-8H2,1-2H3,(H,24,25). The lowest BCUT2D eigenvalue weighted by Gasteiger charge is -2.43. The summed E-state index contributed by atoms with van der Waals surface area (Å²) >= 11 is 0. The van der Waals surface area contributed by atoms with Crippen LogP contribution >= 0.6 is 0 Å². The Morgan fingerprint density at radius 2 is 1.92 bits per heavy atom. The summed E-state index contributed by atoms with van der Waals surface area (Å²) in [5.74, 6) is -2.47. The maximum absolute atomic E-state index is 13.4. The molecule has 3 N–H and O–H groups in total. The molecule has 144 valence electrons. The summed E-state index contributed by atoms with van der Waals surface area (Å²) in [7, 11) is 0. The first kappa shape index (κ1) is 19.0. The van der Waals surface area contributed by atoms with Crippen molar-refractivity contribution in [3.05, 3.63) is 29.1 Å². The highest BCUT2D eigenvalue weighted by atomic mass is 19.4. The van der Waals surface area contributed by atoms with Crippen molar-refractivity contribution in [3.8, 4) is 0 Å². The minimum absolute atomic E-state index is 0.0168. The van der Waals surface area contributed by atoms with E-state index in [1.807, 2.05) is 13.8 Å². The number of imidazole rings is 1. The van der Waals surface area contributed by atoms with Gasteiger partial charge in [-0.1, -0.05) is 13.8 Å². The van der Waals surface area contributed by atoms with Crippen LogP contribution in [0.3, 0.4) is 0 Å². The molecule has 3 rings (SSSR count). The Bertz CT molecular complexity index is 805. The fourth-order valence-electron chi connectivity index (χ4n) is 3.26. The lowest BCUT2D eigenvalue weighted by Crippen LogP contribution is -2.56. The van der Waals surface area contributed by atoms with Crippen LogP contribution in [0.2, 0.25) is 0 Å². The van der Waals surface area contributed by atoms with Gasteiger partial charge in [-0.2, -0.15) is 13.2 Å². The van der Waals surface area contributed by atoms with Gasteiger partial charge >= 0.3 is 6.18 Å². The first-order valence-electron chi connectivity index (χ1n) is 8.29. The number of hydrogen-bond donors (Lipinski definition) is 3. The molecule has 1 aromatic heterocycles. The summed E-state index contributed by atoms with van der Waals surface area (Å²) in [5.41, 5.74) is -1.89. The van der Waals surface area contributed by atoms with E-state index in [1.54, 1.807) is 6.07 Å². The van der Waals surface area contributed by atoms with Crippen LogP contribution in [0, 0.1) is 0 Å². The molecule has 0 amide bonds. The number of halogens is 5. The van der Waals surface area contributed by atoms with Crippen LogP contribution in [0.1, 0.15) is 49.6 Å². The second-order valence-corrected chi connectivity index (χ2v) is 7.35. The Kier molecular flexibility index (Phi) is 4.51. The van der Waals surface area contributed by atoms with Gasteiger partial charge < -0.3 is 15.4 Å².